The van der Waals surface area contributed by atoms with E-state index in [4.69, 9.17) is 0 Å². The van der Waals surface area contributed by atoms with E-state index in [9.17, 15) is 31.9 Å². The summed E-state index contributed by atoms with van der Waals surface area (Å²) >= 11 is 0. The zero-order valence-electron chi connectivity index (χ0n) is 16.7. The number of fused-ring (bicyclic) bond motifs is 1. The first-order valence-electron chi connectivity index (χ1n) is 9.51. The van der Waals surface area contributed by atoms with Gasteiger partial charge in [0.1, 0.15) is 18.1 Å². The fourth-order valence-corrected chi connectivity index (χ4v) is 3.27. The molecule has 2 heterocycles. The lowest BCUT2D eigenvalue weighted by Crippen LogP contribution is -2.44. The smallest absolute Gasteiger partial charge is 0.406 e. The molecule has 0 unspecified atom stereocenters. The number of ether oxygens (including phenoxy) is 1. The minimum Gasteiger partial charge on any atom is -0.406 e. The Kier molecular flexibility index (Phi) is 5.62. The highest BCUT2D eigenvalue weighted by atomic mass is 19.4. The fraction of sp³-hybridized carbons (Fsp3) is 0.200. The van der Waals surface area contributed by atoms with E-state index in [1.54, 1.807) is 4.90 Å². The summed E-state index contributed by atoms with van der Waals surface area (Å²) in [5, 5.41) is 6.53. The molecule has 0 radical (unpaired) electrons. The number of carbonyl (C=O) groups excluding carboxylic acids is 1. The summed E-state index contributed by atoms with van der Waals surface area (Å²) in [6.07, 6.45) is -4.85. The molecular formula is C20H15F4N5O4. The van der Waals surface area contributed by atoms with Crippen LogP contribution in [-0.4, -0.2) is 33.2 Å². The molecule has 0 saturated carbocycles. The van der Waals surface area contributed by atoms with Crippen LogP contribution in [0, 0.1) is 5.82 Å². The number of aromatic nitrogens is 3. The first kappa shape index (κ1) is 22.0. The van der Waals surface area contributed by atoms with Crippen LogP contribution in [-0.2, 0) is 17.9 Å². The number of benzene rings is 2. The second-order valence-electron chi connectivity index (χ2n) is 6.97. The monoisotopic (exact) mass is 465 g/mol. The van der Waals surface area contributed by atoms with Crippen LogP contribution in [0.2, 0.25) is 0 Å². The first-order valence-corrected chi connectivity index (χ1v) is 9.51. The van der Waals surface area contributed by atoms with E-state index in [2.05, 4.69) is 15.2 Å². The molecular weight excluding hydrogens is 450 g/mol. The summed E-state index contributed by atoms with van der Waals surface area (Å²) in [7, 11) is 0. The number of nitrogens with one attached hydrogen (secondary N) is 1. The van der Waals surface area contributed by atoms with Crippen molar-refractivity contribution in [3.05, 3.63) is 75.1 Å². The number of hydrogen-bond acceptors (Lipinski definition) is 6. The molecule has 9 nitrogen and oxygen atoms in total. The van der Waals surface area contributed by atoms with E-state index in [0.717, 1.165) is 12.1 Å². The Morgan fingerprint density at radius 3 is 2.30 bits per heavy atom. The molecule has 1 N–H and O–H groups in total. The summed E-state index contributed by atoms with van der Waals surface area (Å²) in [6, 6.07) is 9.85. The normalized spacial score (nSPS) is 13.0. The van der Waals surface area contributed by atoms with Crippen molar-refractivity contribution in [1.82, 2.24) is 14.3 Å². The van der Waals surface area contributed by atoms with Gasteiger partial charge in [0.2, 0.25) is 11.9 Å². The van der Waals surface area contributed by atoms with Gasteiger partial charge in [0, 0.05) is 24.5 Å². The summed E-state index contributed by atoms with van der Waals surface area (Å²) in [5.74, 6) is -1.52. The maximum atomic E-state index is 13.2. The lowest BCUT2D eigenvalue weighted by molar-refractivity contribution is -0.274. The summed E-state index contributed by atoms with van der Waals surface area (Å²) in [5.41, 5.74) is -1.19. The van der Waals surface area contributed by atoms with E-state index < -0.39 is 41.5 Å². The molecule has 0 saturated heterocycles. The van der Waals surface area contributed by atoms with Crippen LogP contribution in [0.5, 0.6) is 5.75 Å². The van der Waals surface area contributed by atoms with Gasteiger partial charge < -0.3 is 15.0 Å². The van der Waals surface area contributed by atoms with Crippen molar-refractivity contribution >= 4 is 23.2 Å². The summed E-state index contributed by atoms with van der Waals surface area (Å²) in [4.78, 5) is 38.8. The van der Waals surface area contributed by atoms with E-state index in [1.165, 1.54) is 41.0 Å². The van der Waals surface area contributed by atoms with E-state index in [-0.39, 0.29) is 18.2 Å². The van der Waals surface area contributed by atoms with Crippen LogP contribution in [0.15, 0.2) is 58.1 Å². The lowest BCUT2D eigenvalue weighted by atomic mass is 10.3. The molecule has 1 amide bonds. The predicted molar refractivity (Wildman–Crippen MR) is 108 cm³/mol. The number of alkyl halides is 3. The van der Waals surface area contributed by atoms with Gasteiger partial charge in [-0.2, -0.15) is 0 Å². The third-order valence-corrected chi connectivity index (χ3v) is 4.71. The number of rotatable bonds is 5. The third kappa shape index (κ3) is 4.86. The summed E-state index contributed by atoms with van der Waals surface area (Å²) in [6.45, 7) is -0.108. The molecule has 0 atom stereocenters. The standard InChI is InChI=1S/C20H15F4N5O4/c21-12-1-5-14(6-2-12)27-9-10-28-17(31)18(32)29(26-19(27)28)11-16(30)25-13-3-7-15(8-4-13)33-20(22,23)24/h1-8H,9-11H2,(H,25,30). The van der Waals surface area contributed by atoms with Gasteiger partial charge in [0.25, 0.3) is 0 Å². The molecule has 1 aromatic heterocycles. The highest BCUT2D eigenvalue weighted by Gasteiger charge is 2.31. The second-order valence-corrected chi connectivity index (χ2v) is 6.97. The molecule has 13 heteroatoms. The van der Waals surface area contributed by atoms with Crippen LogP contribution < -0.4 is 26.1 Å². The molecule has 0 fully saturated rings. The second kappa shape index (κ2) is 8.41. The van der Waals surface area contributed by atoms with Crippen LogP contribution in [0.1, 0.15) is 0 Å². The molecule has 0 aliphatic carbocycles. The molecule has 1 aliphatic heterocycles. The van der Waals surface area contributed by atoms with Gasteiger partial charge in [-0.05, 0) is 48.5 Å². The molecule has 0 bridgehead atoms. The van der Waals surface area contributed by atoms with E-state index >= 15 is 0 Å². The van der Waals surface area contributed by atoms with Gasteiger partial charge in [0.15, 0.2) is 0 Å². The van der Waals surface area contributed by atoms with E-state index in [1.807, 2.05) is 0 Å². The minimum absolute atomic E-state index is 0.118. The van der Waals surface area contributed by atoms with E-state index in [0.29, 0.717) is 16.9 Å². The number of nitrogens with zero attached hydrogens (tertiary/aromatic N) is 4. The number of amides is 1. The van der Waals surface area contributed by atoms with Crippen LogP contribution in [0.25, 0.3) is 0 Å². The Morgan fingerprint density at radius 1 is 1.00 bits per heavy atom. The lowest BCUT2D eigenvalue weighted by Gasteiger charge is -2.17. The molecule has 1 aliphatic rings. The van der Waals surface area contributed by atoms with Crippen LogP contribution in [0.3, 0.4) is 0 Å². The number of hydrogen-bond donors (Lipinski definition) is 1. The number of halogens is 4. The van der Waals surface area contributed by atoms with Crippen molar-refractivity contribution < 1.29 is 27.1 Å². The van der Waals surface area contributed by atoms with Crippen LogP contribution in [0.4, 0.5) is 34.9 Å². The van der Waals surface area contributed by atoms with Crippen molar-refractivity contribution in [2.45, 2.75) is 19.5 Å². The predicted octanol–water partition coefficient (Wildman–Crippen LogP) is 2.23. The number of carbonyl (C=O) groups is 1. The maximum Gasteiger partial charge on any atom is 0.573 e. The Labute approximate surface area is 182 Å². The van der Waals surface area contributed by atoms with Crippen molar-refractivity contribution in [3.8, 4) is 5.75 Å². The van der Waals surface area contributed by atoms with Crippen LogP contribution >= 0.6 is 0 Å². The Hall–Kier alpha value is -4.16. The van der Waals surface area contributed by atoms with Gasteiger partial charge in [-0.3, -0.25) is 19.0 Å². The van der Waals surface area contributed by atoms with Gasteiger partial charge >= 0.3 is 17.5 Å². The highest BCUT2D eigenvalue weighted by molar-refractivity contribution is 5.90. The molecule has 33 heavy (non-hydrogen) atoms. The van der Waals surface area contributed by atoms with Crippen molar-refractivity contribution in [2.75, 3.05) is 16.8 Å². The third-order valence-electron chi connectivity index (χ3n) is 4.71. The summed E-state index contributed by atoms with van der Waals surface area (Å²) < 4.78 is 55.6. The van der Waals surface area contributed by atoms with Gasteiger partial charge in [-0.15, -0.1) is 18.3 Å². The molecule has 0 spiro atoms. The SMILES string of the molecule is O=C(Cn1nc2n(c(=O)c1=O)CCN2c1ccc(F)cc1)Nc1ccc(OC(F)(F)F)cc1. The minimum atomic E-state index is -4.85. The van der Waals surface area contributed by atoms with Gasteiger partial charge in [-0.25, -0.2) is 9.07 Å². The molecule has 3 aromatic rings. The Bertz CT molecular complexity index is 1300. The van der Waals surface area contributed by atoms with Gasteiger partial charge in [0.05, 0.1) is 0 Å². The molecule has 4 rings (SSSR count). The first-order chi connectivity index (χ1) is 15.6. The topological polar surface area (TPSA) is 98.5 Å². The highest BCUT2D eigenvalue weighted by Crippen LogP contribution is 2.26. The average molecular weight is 465 g/mol. The zero-order valence-corrected chi connectivity index (χ0v) is 16.7. The van der Waals surface area contributed by atoms with Crippen molar-refractivity contribution in [3.63, 3.8) is 0 Å². The number of anilines is 3. The maximum absolute atomic E-state index is 13.2. The fourth-order valence-electron chi connectivity index (χ4n) is 3.27. The Balaban J connectivity index is 1.53. The zero-order chi connectivity index (χ0) is 23.8. The molecule has 2 aromatic carbocycles. The van der Waals surface area contributed by atoms with Gasteiger partial charge in [-0.1, -0.05) is 0 Å². The van der Waals surface area contributed by atoms with Crippen molar-refractivity contribution in [2.24, 2.45) is 0 Å². The molecule has 172 valence electrons. The largest absolute Gasteiger partial charge is 0.573 e. The quantitative estimate of drug-likeness (QED) is 0.459. The average Bonchev–Trinajstić information content (AvgIpc) is 3.16. The Morgan fingerprint density at radius 2 is 1.67 bits per heavy atom. The van der Waals surface area contributed by atoms with Crippen molar-refractivity contribution in [1.29, 1.82) is 0 Å².